The largest absolute Gasteiger partial charge is 0.355 e. The second-order valence-corrected chi connectivity index (χ2v) is 7.59. The molecule has 0 radical (unpaired) electrons. The van der Waals surface area contributed by atoms with Crippen LogP contribution in [-0.2, 0) is 0 Å². The van der Waals surface area contributed by atoms with Crippen molar-refractivity contribution in [2.75, 3.05) is 24.5 Å². The van der Waals surface area contributed by atoms with Crippen molar-refractivity contribution in [2.45, 2.75) is 12.8 Å². The summed E-state index contributed by atoms with van der Waals surface area (Å²) in [4.78, 5) is 19.2. The molecule has 0 unspecified atom stereocenters. The van der Waals surface area contributed by atoms with Gasteiger partial charge >= 0.3 is 0 Å². The standard InChI is InChI=1S/C25H24N4O/c26-16-23-9-4-14-27-24(23)29-15-5-6-19(18-29)17-28-25(30)22-12-10-21(11-13-22)20-7-2-1-3-8-20/h1-4,7-14,19H,5-6,15,17-18H2,(H,28,30)/t19-/m1/s1. The zero-order valence-electron chi connectivity index (χ0n) is 16.8. The lowest BCUT2D eigenvalue weighted by Gasteiger charge is -2.34. The van der Waals surface area contributed by atoms with Crippen LogP contribution in [0.3, 0.4) is 0 Å². The summed E-state index contributed by atoms with van der Waals surface area (Å²) in [5.74, 6) is 1.02. The number of hydrogen-bond acceptors (Lipinski definition) is 4. The normalized spacial score (nSPS) is 16.0. The highest BCUT2D eigenvalue weighted by molar-refractivity contribution is 5.94. The number of piperidine rings is 1. The third-order valence-corrected chi connectivity index (χ3v) is 5.53. The summed E-state index contributed by atoms with van der Waals surface area (Å²) < 4.78 is 0. The van der Waals surface area contributed by atoms with Gasteiger partial charge < -0.3 is 10.2 Å². The zero-order chi connectivity index (χ0) is 20.8. The highest BCUT2D eigenvalue weighted by atomic mass is 16.1. The van der Waals surface area contributed by atoms with Gasteiger partial charge in [0.15, 0.2) is 0 Å². The number of anilines is 1. The molecule has 4 rings (SSSR count). The summed E-state index contributed by atoms with van der Waals surface area (Å²) >= 11 is 0. The summed E-state index contributed by atoms with van der Waals surface area (Å²) in [7, 11) is 0. The molecule has 30 heavy (non-hydrogen) atoms. The van der Waals surface area contributed by atoms with E-state index in [-0.39, 0.29) is 5.91 Å². The fraction of sp³-hybridized carbons (Fsp3) is 0.240. The summed E-state index contributed by atoms with van der Waals surface area (Å²) in [6.07, 6.45) is 3.80. The van der Waals surface area contributed by atoms with E-state index in [0.29, 0.717) is 23.6 Å². The smallest absolute Gasteiger partial charge is 0.251 e. The molecule has 0 aliphatic carbocycles. The molecule has 1 aliphatic rings. The first-order chi connectivity index (χ1) is 14.7. The van der Waals surface area contributed by atoms with Crippen LogP contribution < -0.4 is 10.2 Å². The number of nitrogens with zero attached hydrogens (tertiary/aromatic N) is 3. The minimum absolute atomic E-state index is 0.0534. The highest BCUT2D eigenvalue weighted by Crippen LogP contribution is 2.24. The van der Waals surface area contributed by atoms with Gasteiger partial charge in [0.1, 0.15) is 11.9 Å². The maximum absolute atomic E-state index is 12.6. The molecule has 1 atom stereocenters. The number of aromatic nitrogens is 1. The molecule has 1 N–H and O–H groups in total. The Bertz CT molecular complexity index is 1040. The lowest BCUT2D eigenvalue weighted by molar-refractivity contribution is 0.0945. The predicted molar refractivity (Wildman–Crippen MR) is 118 cm³/mol. The Kier molecular flexibility index (Phi) is 6.05. The van der Waals surface area contributed by atoms with Crippen LogP contribution in [0.2, 0.25) is 0 Å². The van der Waals surface area contributed by atoms with E-state index < -0.39 is 0 Å². The number of nitrogens with one attached hydrogen (secondary N) is 1. The summed E-state index contributed by atoms with van der Waals surface area (Å²) in [6, 6.07) is 23.6. The minimum Gasteiger partial charge on any atom is -0.355 e. The van der Waals surface area contributed by atoms with Gasteiger partial charge in [-0.2, -0.15) is 5.26 Å². The average molecular weight is 396 g/mol. The topological polar surface area (TPSA) is 69.0 Å². The molecule has 2 heterocycles. The van der Waals surface area contributed by atoms with E-state index >= 15 is 0 Å². The van der Waals surface area contributed by atoms with Gasteiger partial charge in [-0.1, -0.05) is 42.5 Å². The Morgan fingerprint density at radius 3 is 2.60 bits per heavy atom. The molecule has 3 aromatic rings. The van der Waals surface area contributed by atoms with Crippen LogP contribution in [0.5, 0.6) is 0 Å². The molecule has 0 saturated carbocycles. The molecule has 0 spiro atoms. The Labute approximate surface area is 177 Å². The molecule has 1 amide bonds. The number of carbonyl (C=O) groups excluding carboxylic acids is 1. The second kappa shape index (κ2) is 9.23. The minimum atomic E-state index is -0.0534. The van der Waals surface area contributed by atoms with Crippen molar-refractivity contribution in [3.05, 3.63) is 84.1 Å². The Morgan fingerprint density at radius 1 is 1.07 bits per heavy atom. The molecule has 1 aliphatic heterocycles. The van der Waals surface area contributed by atoms with Gasteiger partial charge in [0.25, 0.3) is 5.91 Å². The first-order valence-corrected chi connectivity index (χ1v) is 10.3. The Balaban J connectivity index is 1.35. The molecule has 5 heteroatoms. The number of benzene rings is 2. The molecule has 5 nitrogen and oxygen atoms in total. The van der Waals surface area contributed by atoms with Crippen molar-refractivity contribution in [1.29, 1.82) is 5.26 Å². The molecule has 1 aromatic heterocycles. The Morgan fingerprint density at radius 2 is 1.83 bits per heavy atom. The fourth-order valence-corrected chi connectivity index (χ4v) is 3.94. The summed E-state index contributed by atoms with van der Waals surface area (Å²) in [6.45, 7) is 2.29. The van der Waals surface area contributed by atoms with E-state index in [9.17, 15) is 10.1 Å². The van der Waals surface area contributed by atoms with E-state index in [2.05, 4.69) is 33.4 Å². The number of rotatable bonds is 5. The second-order valence-electron chi connectivity index (χ2n) is 7.59. The molecule has 1 saturated heterocycles. The van der Waals surface area contributed by atoms with E-state index in [0.717, 1.165) is 42.9 Å². The van der Waals surface area contributed by atoms with Gasteiger partial charge in [-0.3, -0.25) is 4.79 Å². The lowest BCUT2D eigenvalue weighted by atomic mass is 9.97. The third kappa shape index (κ3) is 4.49. The summed E-state index contributed by atoms with van der Waals surface area (Å²) in [5, 5.41) is 12.4. The maximum atomic E-state index is 12.6. The van der Waals surface area contributed by atoms with Crippen LogP contribution in [0.1, 0.15) is 28.8 Å². The number of nitriles is 1. The molecule has 0 bridgehead atoms. The van der Waals surface area contributed by atoms with Crippen LogP contribution in [0.15, 0.2) is 72.9 Å². The maximum Gasteiger partial charge on any atom is 0.251 e. The fourth-order valence-electron chi connectivity index (χ4n) is 3.94. The predicted octanol–water partition coefficient (Wildman–Crippen LogP) is 4.27. The van der Waals surface area contributed by atoms with Gasteiger partial charge in [-0.15, -0.1) is 0 Å². The van der Waals surface area contributed by atoms with Crippen LogP contribution >= 0.6 is 0 Å². The van der Waals surface area contributed by atoms with Crippen molar-refractivity contribution >= 4 is 11.7 Å². The van der Waals surface area contributed by atoms with Gasteiger partial charge in [-0.05, 0) is 54.2 Å². The number of pyridine rings is 1. The van der Waals surface area contributed by atoms with Crippen molar-refractivity contribution in [2.24, 2.45) is 5.92 Å². The monoisotopic (exact) mass is 396 g/mol. The lowest BCUT2D eigenvalue weighted by Crippen LogP contribution is -2.41. The number of hydrogen-bond donors (Lipinski definition) is 1. The Hall–Kier alpha value is -3.65. The molecular formula is C25H24N4O. The van der Waals surface area contributed by atoms with E-state index in [1.807, 2.05) is 42.5 Å². The van der Waals surface area contributed by atoms with Crippen LogP contribution in [0.25, 0.3) is 11.1 Å². The van der Waals surface area contributed by atoms with Crippen molar-refractivity contribution in [1.82, 2.24) is 10.3 Å². The molecule has 150 valence electrons. The van der Waals surface area contributed by atoms with Crippen molar-refractivity contribution < 1.29 is 4.79 Å². The van der Waals surface area contributed by atoms with Crippen molar-refractivity contribution in [3.8, 4) is 17.2 Å². The number of carbonyl (C=O) groups is 1. The highest BCUT2D eigenvalue weighted by Gasteiger charge is 2.23. The molecule has 1 fully saturated rings. The molecule has 2 aromatic carbocycles. The van der Waals surface area contributed by atoms with E-state index in [4.69, 9.17) is 0 Å². The summed E-state index contributed by atoms with van der Waals surface area (Å²) in [5.41, 5.74) is 3.50. The van der Waals surface area contributed by atoms with Crippen LogP contribution in [0, 0.1) is 17.2 Å². The van der Waals surface area contributed by atoms with Gasteiger partial charge in [0, 0.05) is 31.4 Å². The average Bonchev–Trinajstić information content (AvgIpc) is 2.83. The van der Waals surface area contributed by atoms with Gasteiger partial charge in [0.05, 0.1) is 5.56 Å². The zero-order valence-corrected chi connectivity index (χ0v) is 16.8. The first-order valence-electron chi connectivity index (χ1n) is 10.3. The van der Waals surface area contributed by atoms with Crippen LogP contribution in [0.4, 0.5) is 5.82 Å². The SMILES string of the molecule is N#Cc1cccnc1N1CCC[C@H](CNC(=O)c2ccc(-c3ccccc3)cc2)C1. The number of amides is 1. The third-order valence-electron chi connectivity index (χ3n) is 5.53. The first kappa shape index (κ1) is 19.7. The van der Waals surface area contributed by atoms with Gasteiger partial charge in [0.2, 0.25) is 0 Å². The quantitative estimate of drug-likeness (QED) is 0.699. The van der Waals surface area contributed by atoms with Gasteiger partial charge in [-0.25, -0.2) is 4.98 Å². The molecular weight excluding hydrogens is 372 g/mol. The van der Waals surface area contributed by atoms with E-state index in [1.54, 1.807) is 18.3 Å². The van der Waals surface area contributed by atoms with Crippen molar-refractivity contribution in [3.63, 3.8) is 0 Å². The van der Waals surface area contributed by atoms with E-state index in [1.165, 1.54) is 0 Å². The van der Waals surface area contributed by atoms with Crippen LogP contribution in [-0.4, -0.2) is 30.5 Å².